The molecule has 0 aliphatic heterocycles. The predicted molar refractivity (Wildman–Crippen MR) is 75.9 cm³/mol. The van der Waals surface area contributed by atoms with Crippen molar-refractivity contribution >= 4 is 23.1 Å². The molecule has 0 bridgehead atoms. The number of hydrogen-bond donors (Lipinski definition) is 2. The molecule has 106 valence electrons. The Morgan fingerprint density at radius 1 is 1.35 bits per heavy atom. The Morgan fingerprint density at radius 2 is 2.10 bits per heavy atom. The predicted octanol–water partition coefficient (Wildman–Crippen LogP) is 2.61. The third-order valence-electron chi connectivity index (χ3n) is 2.62. The van der Waals surface area contributed by atoms with Gasteiger partial charge < -0.3 is 15.8 Å². The largest absolute Gasteiger partial charge is 0.393 e. The zero-order valence-corrected chi connectivity index (χ0v) is 11.6. The van der Waals surface area contributed by atoms with Crippen LogP contribution in [-0.2, 0) is 17.9 Å². The van der Waals surface area contributed by atoms with E-state index >= 15 is 0 Å². The summed E-state index contributed by atoms with van der Waals surface area (Å²) in [5.74, 6) is 0.471. The van der Waals surface area contributed by atoms with Crippen molar-refractivity contribution in [1.29, 1.82) is 0 Å². The minimum Gasteiger partial charge on any atom is -0.393 e. The summed E-state index contributed by atoms with van der Waals surface area (Å²) in [4.78, 5) is 8.17. The van der Waals surface area contributed by atoms with Crippen molar-refractivity contribution in [3.8, 4) is 0 Å². The lowest BCUT2D eigenvalue weighted by Gasteiger charge is -2.11. The Bertz CT molecular complexity index is 609. The van der Waals surface area contributed by atoms with Gasteiger partial charge in [-0.05, 0) is 6.07 Å². The SMILES string of the molecule is COCc1nc(Cl)c(N)c(NCc2ccccc2F)n1. The second-order valence-electron chi connectivity index (χ2n) is 4.07. The Kier molecular flexibility index (Phi) is 4.70. The molecule has 0 atom stereocenters. The smallest absolute Gasteiger partial charge is 0.158 e. The van der Waals surface area contributed by atoms with E-state index in [0.717, 1.165) is 0 Å². The molecule has 0 saturated carbocycles. The quantitative estimate of drug-likeness (QED) is 0.830. The van der Waals surface area contributed by atoms with E-state index in [4.69, 9.17) is 22.1 Å². The fraction of sp³-hybridized carbons (Fsp3) is 0.231. The first-order valence-corrected chi connectivity index (χ1v) is 6.27. The Morgan fingerprint density at radius 3 is 2.80 bits per heavy atom. The van der Waals surface area contributed by atoms with Gasteiger partial charge in [-0.1, -0.05) is 29.8 Å². The lowest BCUT2D eigenvalue weighted by molar-refractivity contribution is 0.178. The molecule has 0 aliphatic rings. The molecule has 0 radical (unpaired) electrons. The highest BCUT2D eigenvalue weighted by Crippen LogP contribution is 2.24. The van der Waals surface area contributed by atoms with Crippen LogP contribution < -0.4 is 11.1 Å². The zero-order chi connectivity index (χ0) is 14.5. The molecule has 1 aromatic carbocycles. The van der Waals surface area contributed by atoms with Crippen molar-refractivity contribution in [3.05, 3.63) is 46.6 Å². The number of halogens is 2. The van der Waals surface area contributed by atoms with E-state index in [1.54, 1.807) is 18.2 Å². The minimum absolute atomic E-state index is 0.142. The minimum atomic E-state index is -0.296. The van der Waals surface area contributed by atoms with Gasteiger partial charge in [-0.25, -0.2) is 14.4 Å². The molecule has 2 rings (SSSR count). The first-order valence-electron chi connectivity index (χ1n) is 5.90. The molecule has 0 amide bonds. The fourth-order valence-electron chi connectivity index (χ4n) is 1.63. The number of benzene rings is 1. The Labute approximate surface area is 120 Å². The molecule has 0 fully saturated rings. The van der Waals surface area contributed by atoms with E-state index in [0.29, 0.717) is 17.2 Å². The first kappa shape index (κ1) is 14.5. The van der Waals surface area contributed by atoms with Crippen LogP contribution in [0.25, 0.3) is 0 Å². The number of nitrogen functional groups attached to an aromatic ring is 1. The Hall–Kier alpha value is -1.92. The number of nitrogens with one attached hydrogen (secondary N) is 1. The van der Waals surface area contributed by atoms with Gasteiger partial charge in [0.2, 0.25) is 0 Å². The van der Waals surface area contributed by atoms with Crippen LogP contribution in [0.1, 0.15) is 11.4 Å². The Balaban J connectivity index is 2.18. The molecule has 1 heterocycles. The standard InChI is InChI=1S/C13H14ClFN4O/c1-20-7-10-18-12(14)11(16)13(19-10)17-6-8-4-2-3-5-9(8)15/h2-5H,6-7,16H2,1H3,(H,17,18,19). The van der Waals surface area contributed by atoms with Crippen LogP contribution in [0.3, 0.4) is 0 Å². The van der Waals surface area contributed by atoms with Crippen LogP contribution in [0.4, 0.5) is 15.9 Å². The maximum Gasteiger partial charge on any atom is 0.158 e. The third-order valence-corrected chi connectivity index (χ3v) is 2.91. The van der Waals surface area contributed by atoms with Crippen molar-refractivity contribution in [2.45, 2.75) is 13.2 Å². The first-order chi connectivity index (χ1) is 9.61. The summed E-state index contributed by atoms with van der Waals surface area (Å²) in [6, 6.07) is 6.46. The molecule has 0 spiro atoms. The molecule has 0 unspecified atom stereocenters. The fourth-order valence-corrected chi connectivity index (χ4v) is 1.82. The van der Waals surface area contributed by atoms with Crippen molar-refractivity contribution in [3.63, 3.8) is 0 Å². The van der Waals surface area contributed by atoms with Crippen molar-refractivity contribution in [2.75, 3.05) is 18.2 Å². The van der Waals surface area contributed by atoms with Gasteiger partial charge in [0.05, 0.1) is 0 Å². The van der Waals surface area contributed by atoms with Gasteiger partial charge in [0.1, 0.15) is 18.1 Å². The molecule has 0 aliphatic carbocycles. The van der Waals surface area contributed by atoms with E-state index in [9.17, 15) is 4.39 Å². The van der Waals surface area contributed by atoms with Crippen LogP contribution >= 0.6 is 11.6 Å². The highest BCUT2D eigenvalue weighted by molar-refractivity contribution is 6.32. The number of nitrogens with zero attached hydrogens (tertiary/aromatic N) is 2. The average molecular weight is 297 g/mol. The lowest BCUT2D eigenvalue weighted by Crippen LogP contribution is -2.10. The molecule has 1 aromatic heterocycles. The number of nitrogens with two attached hydrogens (primary N) is 1. The maximum absolute atomic E-state index is 13.5. The van der Waals surface area contributed by atoms with E-state index < -0.39 is 0 Å². The molecule has 7 heteroatoms. The van der Waals surface area contributed by atoms with Crippen LogP contribution in [-0.4, -0.2) is 17.1 Å². The van der Waals surface area contributed by atoms with Gasteiger partial charge in [-0.3, -0.25) is 0 Å². The van der Waals surface area contributed by atoms with E-state index in [1.165, 1.54) is 13.2 Å². The molecular weight excluding hydrogens is 283 g/mol. The van der Waals surface area contributed by atoms with E-state index in [1.807, 2.05) is 0 Å². The normalized spacial score (nSPS) is 10.6. The van der Waals surface area contributed by atoms with E-state index in [2.05, 4.69) is 15.3 Å². The van der Waals surface area contributed by atoms with Gasteiger partial charge >= 0.3 is 0 Å². The number of methoxy groups -OCH3 is 1. The summed E-state index contributed by atoms with van der Waals surface area (Å²) >= 11 is 5.92. The van der Waals surface area contributed by atoms with Gasteiger partial charge in [-0.15, -0.1) is 0 Å². The van der Waals surface area contributed by atoms with Crippen molar-refractivity contribution in [1.82, 2.24) is 9.97 Å². The molecule has 5 nitrogen and oxygen atoms in total. The summed E-state index contributed by atoms with van der Waals surface area (Å²) in [5, 5.41) is 3.10. The summed E-state index contributed by atoms with van der Waals surface area (Å²) in [7, 11) is 1.53. The molecule has 0 saturated heterocycles. The molecule has 3 N–H and O–H groups in total. The second-order valence-corrected chi connectivity index (χ2v) is 4.43. The number of rotatable bonds is 5. The van der Waals surface area contributed by atoms with Crippen LogP contribution in [0.5, 0.6) is 0 Å². The highest BCUT2D eigenvalue weighted by atomic mass is 35.5. The average Bonchev–Trinajstić information content (AvgIpc) is 2.43. The molecule has 20 heavy (non-hydrogen) atoms. The summed E-state index contributed by atoms with van der Waals surface area (Å²) < 4.78 is 18.5. The van der Waals surface area contributed by atoms with Gasteiger partial charge in [0, 0.05) is 19.2 Å². The van der Waals surface area contributed by atoms with Gasteiger partial charge in [0.15, 0.2) is 16.8 Å². The number of anilines is 2. The van der Waals surface area contributed by atoms with Gasteiger partial charge in [0.25, 0.3) is 0 Å². The number of ether oxygens (including phenoxy) is 1. The summed E-state index contributed by atoms with van der Waals surface area (Å²) in [6.45, 7) is 0.463. The van der Waals surface area contributed by atoms with Crippen LogP contribution in [0.2, 0.25) is 5.15 Å². The second kappa shape index (κ2) is 6.49. The van der Waals surface area contributed by atoms with Crippen molar-refractivity contribution in [2.24, 2.45) is 0 Å². The van der Waals surface area contributed by atoms with Crippen molar-refractivity contribution < 1.29 is 9.13 Å². The molecule has 2 aromatic rings. The lowest BCUT2D eigenvalue weighted by atomic mass is 10.2. The topological polar surface area (TPSA) is 73.1 Å². The monoisotopic (exact) mass is 296 g/mol. The summed E-state index contributed by atoms with van der Waals surface area (Å²) in [5.41, 5.74) is 6.53. The third kappa shape index (κ3) is 3.34. The zero-order valence-electron chi connectivity index (χ0n) is 10.9. The maximum atomic E-state index is 13.5. The number of hydrogen-bond acceptors (Lipinski definition) is 5. The summed E-state index contributed by atoms with van der Waals surface area (Å²) in [6.07, 6.45) is 0. The van der Waals surface area contributed by atoms with Gasteiger partial charge in [-0.2, -0.15) is 0 Å². The van der Waals surface area contributed by atoms with E-state index in [-0.39, 0.29) is 29.8 Å². The highest BCUT2D eigenvalue weighted by Gasteiger charge is 2.10. The van der Waals surface area contributed by atoms with Crippen LogP contribution in [0.15, 0.2) is 24.3 Å². The molecular formula is C13H14ClFN4O. The van der Waals surface area contributed by atoms with Crippen LogP contribution in [0, 0.1) is 5.82 Å². The number of aromatic nitrogens is 2.